The summed E-state index contributed by atoms with van der Waals surface area (Å²) in [6.45, 7) is 24.7. The molecule has 0 fully saturated rings. The van der Waals surface area contributed by atoms with E-state index in [2.05, 4.69) is 44.8 Å². The second kappa shape index (κ2) is 23.1. The zero-order chi connectivity index (χ0) is 25.5. The monoisotopic (exact) mass is 458 g/mol. The number of terminal acetylenes is 1. The third kappa shape index (κ3) is 19.4. The van der Waals surface area contributed by atoms with E-state index in [1.165, 1.54) is 6.42 Å². The summed E-state index contributed by atoms with van der Waals surface area (Å²) in [7, 11) is 0. The van der Waals surface area contributed by atoms with E-state index >= 15 is 0 Å². The Morgan fingerprint density at radius 3 is 2.16 bits per heavy atom. The number of aliphatic imine (C=N–C) groups is 1. The molecule has 0 saturated heterocycles. The molecule has 0 spiro atoms. The summed E-state index contributed by atoms with van der Waals surface area (Å²) in [5.41, 5.74) is 3.26. The van der Waals surface area contributed by atoms with Crippen molar-refractivity contribution in [2.75, 3.05) is 13.1 Å². The van der Waals surface area contributed by atoms with Gasteiger partial charge in [0.1, 0.15) is 0 Å². The molecule has 1 aromatic carbocycles. The second-order valence-electron chi connectivity index (χ2n) is 6.81. The fourth-order valence-electron chi connectivity index (χ4n) is 1.95. The van der Waals surface area contributed by atoms with E-state index in [0.29, 0.717) is 22.7 Å². The van der Waals surface area contributed by atoms with Crippen LogP contribution in [-0.4, -0.2) is 29.5 Å². The van der Waals surface area contributed by atoms with Crippen molar-refractivity contribution in [3.8, 4) is 12.3 Å². The number of benzene rings is 1. The number of hydrogen-bond acceptors (Lipinski definition) is 3. The van der Waals surface area contributed by atoms with Gasteiger partial charge in [0.2, 0.25) is 0 Å². The molecule has 1 rings (SSSR count). The van der Waals surface area contributed by atoms with Gasteiger partial charge in [0.25, 0.3) is 0 Å². The average molecular weight is 459 g/mol. The molecule has 0 unspecified atom stereocenters. The van der Waals surface area contributed by atoms with Crippen LogP contribution >= 0.6 is 11.6 Å². The summed E-state index contributed by atoms with van der Waals surface area (Å²) in [5, 5.41) is 0.591. The molecular formula is C28H43ClN2O. The van der Waals surface area contributed by atoms with E-state index in [-0.39, 0.29) is 5.78 Å². The zero-order valence-corrected chi connectivity index (χ0v) is 22.2. The van der Waals surface area contributed by atoms with Crippen molar-refractivity contribution in [3.63, 3.8) is 0 Å². The average Bonchev–Trinajstić information content (AvgIpc) is 2.76. The van der Waals surface area contributed by atoms with E-state index < -0.39 is 0 Å². The van der Waals surface area contributed by atoms with Gasteiger partial charge in [-0.05, 0) is 39.3 Å². The van der Waals surface area contributed by atoms with Crippen LogP contribution in [0.3, 0.4) is 0 Å². The van der Waals surface area contributed by atoms with Crippen LogP contribution in [0.5, 0.6) is 0 Å². The standard InChI is InChI=1S/C14H18ClNO.C9H11N.C3H8.C2H6/c1-4-8-16(11(2)3)10-14(17)12-6-5-7-13(15)9-12;1-5-9(6-2)7-10-8(3)4;1-3-2;1-2/h5-7,9H,2,4,8,10H2,1,3H3;1,6-7H,2H2,3-4H3;3H2,1-2H3;1-2H3/b;9-7-;;. The quantitative estimate of drug-likeness (QED) is 0.169. The Bertz CT molecular complexity index is 766. The smallest absolute Gasteiger partial charge is 0.182 e. The topological polar surface area (TPSA) is 32.7 Å². The molecule has 0 heterocycles. The summed E-state index contributed by atoms with van der Waals surface area (Å²) >= 11 is 5.87. The van der Waals surface area contributed by atoms with E-state index in [1.807, 2.05) is 39.5 Å². The highest BCUT2D eigenvalue weighted by molar-refractivity contribution is 6.31. The third-order valence-electron chi connectivity index (χ3n) is 3.36. The molecule has 0 radical (unpaired) electrons. The molecule has 0 aliphatic carbocycles. The lowest BCUT2D eigenvalue weighted by Gasteiger charge is -2.23. The number of rotatable bonds is 8. The van der Waals surface area contributed by atoms with Crippen molar-refractivity contribution in [1.82, 2.24) is 4.90 Å². The highest BCUT2D eigenvalue weighted by atomic mass is 35.5. The SMILES string of the molecule is C#C/C(C=C)=C/N=C(C)C.C=C(C)N(CCC)CC(=O)c1cccc(Cl)c1.CC.CCC. The van der Waals surface area contributed by atoms with Crippen LogP contribution in [0.25, 0.3) is 0 Å². The number of halogens is 1. The van der Waals surface area contributed by atoms with Crippen molar-refractivity contribution in [2.45, 2.75) is 68.2 Å². The lowest BCUT2D eigenvalue weighted by molar-refractivity contribution is 0.0949. The molecule has 0 amide bonds. The molecule has 32 heavy (non-hydrogen) atoms. The van der Waals surface area contributed by atoms with Crippen molar-refractivity contribution in [2.24, 2.45) is 4.99 Å². The molecule has 1 aromatic rings. The Labute approximate surface area is 203 Å². The summed E-state index contributed by atoms with van der Waals surface area (Å²) in [6.07, 6.45) is 10.6. The number of carbonyl (C=O) groups is 1. The van der Waals surface area contributed by atoms with Crippen LogP contribution in [-0.2, 0) is 0 Å². The number of nitrogens with zero attached hydrogens (tertiary/aromatic N) is 2. The van der Waals surface area contributed by atoms with Gasteiger partial charge < -0.3 is 4.90 Å². The van der Waals surface area contributed by atoms with Crippen molar-refractivity contribution < 1.29 is 4.79 Å². The van der Waals surface area contributed by atoms with Crippen LogP contribution in [0.2, 0.25) is 5.02 Å². The molecule has 178 valence electrons. The Hall–Kier alpha value is -2.57. The van der Waals surface area contributed by atoms with Gasteiger partial charge >= 0.3 is 0 Å². The van der Waals surface area contributed by atoms with Gasteiger partial charge in [-0.15, -0.1) is 6.42 Å². The first-order valence-electron chi connectivity index (χ1n) is 11.2. The number of carbonyl (C=O) groups excluding carboxylic acids is 1. The number of Topliss-reactive ketones (excluding diaryl/α,β-unsaturated/α-hetero) is 1. The Kier molecular flexibility index (Phi) is 24.6. The highest BCUT2D eigenvalue weighted by Crippen LogP contribution is 2.12. The fraction of sp³-hybridized carbons (Fsp3) is 0.429. The molecule has 0 saturated carbocycles. The van der Waals surface area contributed by atoms with Gasteiger partial charge in [0.15, 0.2) is 5.78 Å². The van der Waals surface area contributed by atoms with E-state index in [9.17, 15) is 4.79 Å². The molecule has 0 atom stereocenters. The summed E-state index contributed by atoms with van der Waals surface area (Å²) in [4.78, 5) is 18.0. The molecule has 0 aliphatic heterocycles. The summed E-state index contributed by atoms with van der Waals surface area (Å²) < 4.78 is 0. The maximum Gasteiger partial charge on any atom is 0.182 e. The molecule has 4 heteroatoms. The highest BCUT2D eigenvalue weighted by Gasteiger charge is 2.11. The lowest BCUT2D eigenvalue weighted by atomic mass is 10.1. The molecule has 0 bridgehead atoms. The predicted octanol–water partition coefficient (Wildman–Crippen LogP) is 8.38. The minimum Gasteiger partial charge on any atom is -0.368 e. The van der Waals surface area contributed by atoms with Crippen molar-refractivity contribution >= 4 is 23.1 Å². The van der Waals surface area contributed by atoms with E-state index in [0.717, 1.165) is 24.4 Å². The van der Waals surface area contributed by atoms with E-state index in [1.54, 1.807) is 36.5 Å². The second-order valence-corrected chi connectivity index (χ2v) is 7.24. The largest absolute Gasteiger partial charge is 0.368 e. The van der Waals surface area contributed by atoms with Gasteiger partial charge in [-0.1, -0.05) is 89.9 Å². The van der Waals surface area contributed by atoms with Gasteiger partial charge in [-0.3, -0.25) is 9.79 Å². The summed E-state index contributed by atoms with van der Waals surface area (Å²) in [6, 6.07) is 7.05. The van der Waals surface area contributed by atoms with Crippen molar-refractivity contribution in [1.29, 1.82) is 0 Å². The van der Waals surface area contributed by atoms with E-state index in [4.69, 9.17) is 18.0 Å². The van der Waals surface area contributed by atoms with Crippen LogP contribution in [0, 0.1) is 12.3 Å². The molecule has 0 N–H and O–H groups in total. The number of ketones is 1. The third-order valence-corrected chi connectivity index (χ3v) is 3.60. The van der Waals surface area contributed by atoms with Crippen LogP contribution in [0.4, 0.5) is 0 Å². The predicted molar refractivity (Wildman–Crippen MR) is 146 cm³/mol. The molecule has 3 nitrogen and oxygen atoms in total. The zero-order valence-electron chi connectivity index (χ0n) is 21.5. The minimum atomic E-state index is 0.0731. The first kappa shape index (κ1) is 34.1. The first-order valence-corrected chi connectivity index (χ1v) is 11.5. The number of hydrogen-bond donors (Lipinski definition) is 0. The Morgan fingerprint density at radius 1 is 1.22 bits per heavy atom. The Balaban J connectivity index is -0.000000477. The van der Waals surface area contributed by atoms with Gasteiger partial charge in [0.05, 0.1) is 6.54 Å². The first-order chi connectivity index (χ1) is 15.2. The number of allylic oxidation sites excluding steroid dienone is 3. The van der Waals surface area contributed by atoms with Crippen LogP contribution in [0.1, 0.15) is 78.6 Å². The van der Waals surface area contributed by atoms with Gasteiger partial charge in [-0.2, -0.15) is 0 Å². The lowest BCUT2D eigenvalue weighted by Crippen LogP contribution is -2.28. The van der Waals surface area contributed by atoms with Crippen molar-refractivity contribution in [3.05, 3.63) is 71.6 Å². The molecular weight excluding hydrogens is 416 g/mol. The van der Waals surface area contributed by atoms with Crippen LogP contribution in [0.15, 0.2) is 66.0 Å². The fourth-order valence-corrected chi connectivity index (χ4v) is 2.14. The van der Waals surface area contributed by atoms with Gasteiger partial charge in [0, 0.05) is 40.3 Å². The maximum atomic E-state index is 12.0. The van der Waals surface area contributed by atoms with Crippen LogP contribution < -0.4 is 0 Å². The van der Waals surface area contributed by atoms with Gasteiger partial charge in [-0.25, -0.2) is 0 Å². The minimum absolute atomic E-state index is 0.0731. The Morgan fingerprint density at radius 2 is 1.78 bits per heavy atom. The molecule has 0 aliphatic rings. The maximum absolute atomic E-state index is 12.0. The summed E-state index contributed by atoms with van der Waals surface area (Å²) in [5.74, 6) is 2.52. The molecule has 0 aromatic heterocycles. The normalized spacial score (nSPS) is 9.19.